The molecule has 18 heavy (non-hydrogen) atoms. The molecule has 0 amide bonds. The zero-order valence-corrected chi connectivity index (χ0v) is 10.0. The average molecular weight is 264 g/mol. The monoisotopic (exact) mass is 264 g/mol. The minimum atomic E-state index is -4.91. The third-order valence-electron chi connectivity index (χ3n) is 2.43. The van der Waals surface area contributed by atoms with Crippen molar-refractivity contribution < 1.29 is 17.1 Å². The molecule has 2 aromatic rings. The van der Waals surface area contributed by atoms with Gasteiger partial charge in [0.25, 0.3) is 0 Å². The zero-order chi connectivity index (χ0) is 13.2. The van der Waals surface area contributed by atoms with Crippen molar-refractivity contribution in [1.29, 1.82) is 0 Å². The van der Waals surface area contributed by atoms with Crippen LogP contribution < -0.4 is 0 Å². The second-order valence-electron chi connectivity index (χ2n) is 3.63. The van der Waals surface area contributed by atoms with Crippen LogP contribution >= 0.6 is 0 Å². The zero-order valence-electron chi connectivity index (χ0n) is 9.21. The van der Waals surface area contributed by atoms with Gasteiger partial charge in [-0.25, -0.2) is 0 Å². The standard InChI is InChI=1S/C13H9FO3S/c14-18(16,17)12-9-5-4-8-11(12)13(15)10-6-2-1-3-7-10/h1-9H. The first-order valence-electron chi connectivity index (χ1n) is 5.13. The molecule has 0 fully saturated rings. The van der Waals surface area contributed by atoms with Crippen molar-refractivity contribution in [1.82, 2.24) is 0 Å². The molecular weight excluding hydrogens is 255 g/mol. The summed E-state index contributed by atoms with van der Waals surface area (Å²) in [5.74, 6) is -0.521. The van der Waals surface area contributed by atoms with Crippen LogP contribution in [0.4, 0.5) is 3.89 Å². The molecule has 0 saturated carbocycles. The molecular formula is C13H9FO3S. The van der Waals surface area contributed by atoms with Crippen LogP contribution in [0.2, 0.25) is 0 Å². The molecule has 3 nitrogen and oxygen atoms in total. The molecule has 2 rings (SSSR count). The summed E-state index contributed by atoms with van der Waals surface area (Å²) in [4.78, 5) is 11.5. The quantitative estimate of drug-likeness (QED) is 0.632. The molecule has 0 N–H and O–H groups in total. The molecule has 2 aromatic carbocycles. The van der Waals surface area contributed by atoms with Gasteiger partial charge in [0.05, 0.1) is 0 Å². The van der Waals surface area contributed by atoms with Crippen molar-refractivity contribution in [3.8, 4) is 0 Å². The van der Waals surface area contributed by atoms with E-state index in [4.69, 9.17) is 0 Å². The molecule has 0 atom stereocenters. The number of hydrogen-bond donors (Lipinski definition) is 0. The normalized spacial score (nSPS) is 11.2. The molecule has 0 aromatic heterocycles. The highest BCUT2D eigenvalue weighted by atomic mass is 32.3. The van der Waals surface area contributed by atoms with E-state index in [9.17, 15) is 17.1 Å². The summed E-state index contributed by atoms with van der Waals surface area (Å²) in [6.07, 6.45) is 0. The Morgan fingerprint density at radius 2 is 1.44 bits per heavy atom. The number of ketones is 1. The minimum Gasteiger partial charge on any atom is -0.289 e. The third-order valence-corrected chi connectivity index (χ3v) is 3.31. The first-order chi connectivity index (χ1) is 8.50. The Labute approximate surface area is 104 Å². The van der Waals surface area contributed by atoms with E-state index in [1.165, 1.54) is 18.2 Å². The van der Waals surface area contributed by atoms with Gasteiger partial charge in [0.1, 0.15) is 4.90 Å². The number of benzene rings is 2. The molecule has 0 aliphatic rings. The SMILES string of the molecule is O=C(c1ccccc1)c1ccccc1S(=O)(=O)F. The molecule has 0 radical (unpaired) electrons. The van der Waals surface area contributed by atoms with E-state index in [-0.39, 0.29) is 5.56 Å². The summed E-state index contributed by atoms with van der Waals surface area (Å²) in [5.41, 5.74) is 0.153. The van der Waals surface area contributed by atoms with Crippen molar-refractivity contribution in [2.45, 2.75) is 4.90 Å². The predicted octanol–water partition coefficient (Wildman–Crippen LogP) is 2.58. The second-order valence-corrected chi connectivity index (χ2v) is 4.94. The summed E-state index contributed by atoms with van der Waals surface area (Å²) < 4.78 is 35.0. The highest BCUT2D eigenvalue weighted by Crippen LogP contribution is 2.20. The fourth-order valence-electron chi connectivity index (χ4n) is 1.61. The molecule has 0 aliphatic heterocycles. The van der Waals surface area contributed by atoms with E-state index in [0.717, 1.165) is 6.07 Å². The van der Waals surface area contributed by atoms with Crippen molar-refractivity contribution in [3.63, 3.8) is 0 Å². The second kappa shape index (κ2) is 4.70. The molecule has 92 valence electrons. The first-order valence-corrected chi connectivity index (χ1v) is 6.52. The highest BCUT2D eigenvalue weighted by Gasteiger charge is 2.21. The summed E-state index contributed by atoms with van der Waals surface area (Å²) >= 11 is 0. The van der Waals surface area contributed by atoms with Crippen LogP contribution in [0, 0.1) is 0 Å². The van der Waals surface area contributed by atoms with Gasteiger partial charge in [-0.05, 0) is 12.1 Å². The van der Waals surface area contributed by atoms with Crippen LogP contribution in [0.5, 0.6) is 0 Å². The van der Waals surface area contributed by atoms with E-state index in [1.54, 1.807) is 30.3 Å². The summed E-state index contributed by atoms with van der Waals surface area (Å²) in [6.45, 7) is 0. The lowest BCUT2D eigenvalue weighted by atomic mass is 10.0. The fourth-order valence-corrected chi connectivity index (χ4v) is 2.28. The maximum Gasteiger partial charge on any atom is 0.332 e. The summed E-state index contributed by atoms with van der Waals surface area (Å²) in [6, 6.07) is 13.4. The Bertz CT molecular complexity index is 678. The van der Waals surface area contributed by atoms with Gasteiger partial charge in [0.15, 0.2) is 5.78 Å². The third kappa shape index (κ3) is 2.46. The Balaban J connectivity index is 2.57. The van der Waals surface area contributed by atoms with Gasteiger partial charge in [-0.15, -0.1) is 3.89 Å². The first kappa shape index (κ1) is 12.4. The van der Waals surface area contributed by atoms with Crippen LogP contribution in [0.1, 0.15) is 15.9 Å². The maximum absolute atomic E-state index is 13.1. The van der Waals surface area contributed by atoms with Gasteiger partial charge in [-0.1, -0.05) is 42.5 Å². The van der Waals surface area contributed by atoms with Crippen molar-refractivity contribution in [3.05, 3.63) is 65.7 Å². The van der Waals surface area contributed by atoms with Crippen LogP contribution in [-0.2, 0) is 10.2 Å². The topological polar surface area (TPSA) is 51.2 Å². The molecule has 0 aliphatic carbocycles. The highest BCUT2D eigenvalue weighted by molar-refractivity contribution is 7.86. The number of carbonyl (C=O) groups excluding carboxylic acids is 1. The Morgan fingerprint density at radius 1 is 0.889 bits per heavy atom. The maximum atomic E-state index is 13.1. The van der Waals surface area contributed by atoms with Crippen LogP contribution in [0.3, 0.4) is 0 Å². The fraction of sp³-hybridized carbons (Fsp3) is 0. The minimum absolute atomic E-state index is 0.161. The van der Waals surface area contributed by atoms with Gasteiger partial charge in [0, 0.05) is 11.1 Å². The smallest absolute Gasteiger partial charge is 0.289 e. The van der Waals surface area contributed by atoms with E-state index >= 15 is 0 Å². The van der Waals surface area contributed by atoms with Gasteiger partial charge in [0.2, 0.25) is 0 Å². The molecule has 5 heteroatoms. The van der Waals surface area contributed by atoms with Crippen LogP contribution in [-0.4, -0.2) is 14.2 Å². The molecule has 0 bridgehead atoms. The molecule has 0 heterocycles. The molecule has 0 saturated heterocycles. The number of rotatable bonds is 3. The number of carbonyl (C=O) groups is 1. The van der Waals surface area contributed by atoms with Gasteiger partial charge >= 0.3 is 10.2 Å². The van der Waals surface area contributed by atoms with E-state index in [2.05, 4.69) is 0 Å². The molecule has 0 spiro atoms. The predicted molar refractivity (Wildman–Crippen MR) is 64.6 cm³/mol. The van der Waals surface area contributed by atoms with E-state index in [0.29, 0.717) is 5.56 Å². The summed E-state index contributed by atoms with van der Waals surface area (Å²) in [7, 11) is -4.91. The van der Waals surface area contributed by atoms with Crippen LogP contribution in [0.25, 0.3) is 0 Å². The van der Waals surface area contributed by atoms with Crippen molar-refractivity contribution >= 4 is 16.0 Å². The average Bonchev–Trinajstić information content (AvgIpc) is 2.38. The van der Waals surface area contributed by atoms with Crippen molar-refractivity contribution in [2.75, 3.05) is 0 Å². The largest absolute Gasteiger partial charge is 0.332 e. The van der Waals surface area contributed by atoms with Gasteiger partial charge in [-0.2, -0.15) is 8.42 Å². The Morgan fingerprint density at radius 3 is 2.06 bits per heavy atom. The van der Waals surface area contributed by atoms with Gasteiger partial charge in [-0.3, -0.25) is 4.79 Å². The van der Waals surface area contributed by atoms with E-state index < -0.39 is 20.9 Å². The summed E-state index contributed by atoms with van der Waals surface area (Å²) in [5, 5.41) is 0. The lowest BCUT2D eigenvalue weighted by molar-refractivity contribution is 0.103. The lowest BCUT2D eigenvalue weighted by Gasteiger charge is -2.04. The molecule has 0 unspecified atom stereocenters. The number of halogens is 1. The Kier molecular flexibility index (Phi) is 3.25. The van der Waals surface area contributed by atoms with E-state index in [1.807, 2.05) is 0 Å². The lowest BCUT2D eigenvalue weighted by Crippen LogP contribution is -2.07. The number of hydrogen-bond acceptors (Lipinski definition) is 3. The van der Waals surface area contributed by atoms with Crippen molar-refractivity contribution in [2.24, 2.45) is 0 Å². The van der Waals surface area contributed by atoms with Crippen LogP contribution in [0.15, 0.2) is 59.5 Å². The van der Waals surface area contributed by atoms with Gasteiger partial charge < -0.3 is 0 Å². The Hall–Kier alpha value is -2.01.